The highest BCUT2D eigenvalue weighted by molar-refractivity contribution is 6.32. The van der Waals surface area contributed by atoms with Crippen LogP contribution in [0.3, 0.4) is 0 Å². The Bertz CT molecular complexity index is 1110. The zero-order chi connectivity index (χ0) is 20.9. The van der Waals surface area contributed by atoms with Gasteiger partial charge in [-0.15, -0.1) is 0 Å². The number of fused-ring (bicyclic) bond motifs is 1. The average Bonchev–Trinajstić information content (AvgIpc) is 3.09. The minimum Gasteiger partial charge on any atom is -0.432 e. The topological polar surface area (TPSA) is 60.3 Å². The second-order valence-electron chi connectivity index (χ2n) is 7.36. The lowest BCUT2D eigenvalue weighted by Gasteiger charge is -2.36. The highest BCUT2D eigenvalue weighted by atomic mass is 35.5. The van der Waals surface area contributed by atoms with Gasteiger partial charge in [0.25, 0.3) is 0 Å². The van der Waals surface area contributed by atoms with Gasteiger partial charge >= 0.3 is 5.97 Å². The van der Waals surface area contributed by atoms with E-state index in [1.54, 1.807) is 29.1 Å². The number of ether oxygens (including phenoxy) is 1. The molecular formula is C21H20Cl2N4O2. The van der Waals surface area contributed by atoms with E-state index in [-0.39, 0.29) is 5.92 Å². The van der Waals surface area contributed by atoms with E-state index in [4.69, 9.17) is 33.0 Å². The zero-order valence-electron chi connectivity index (χ0n) is 16.5. The number of benzene rings is 1. The van der Waals surface area contributed by atoms with Crippen molar-refractivity contribution in [3.63, 3.8) is 0 Å². The summed E-state index contributed by atoms with van der Waals surface area (Å²) in [5.41, 5.74) is 3.64. The van der Waals surface area contributed by atoms with Gasteiger partial charge in [-0.3, -0.25) is 0 Å². The number of carbonyl (C=O) groups is 1. The Balaban J connectivity index is 1.89. The van der Waals surface area contributed by atoms with E-state index in [0.717, 1.165) is 16.9 Å². The fourth-order valence-electron chi connectivity index (χ4n) is 3.55. The van der Waals surface area contributed by atoms with Crippen LogP contribution in [0.2, 0.25) is 10.0 Å². The summed E-state index contributed by atoms with van der Waals surface area (Å²) < 4.78 is 7.47. The van der Waals surface area contributed by atoms with Crippen molar-refractivity contribution in [3.05, 3.63) is 69.1 Å². The van der Waals surface area contributed by atoms with Crippen LogP contribution in [0.15, 0.2) is 36.5 Å². The lowest BCUT2D eigenvalue weighted by atomic mass is 10.0. The van der Waals surface area contributed by atoms with Crippen molar-refractivity contribution in [2.45, 2.75) is 32.9 Å². The van der Waals surface area contributed by atoms with Crippen LogP contribution >= 0.6 is 23.2 Å². The molecule has 29 heavy (non-hydrogen) atoms. The molecule has 0 saturated heterocycles. The first kappa shape index (κ1) is 19.7. The Morgan fingerprint density at radius 3 is 2.66 bits per heavy atom. The van der Waals surface area contributed by atoms with Crippen molar-refractivity contribution in [2.75, 3.05) is 11.9 Å². The Hall–Kier alpha value is -2.57. The fourth-order valence-corrected chi connectivity index (χ4v) is 4.03. The Morgan fingerprint density at radius 2 is 1.97 bits per heavy atom. The Labute approximate surface area is 179 Å². The third-order valence-electron chi connectivity index (χ3n) is 4.95. The molecule has 0 saturated carbocycles. The number of cyclic esters (lactones) is 1. The van der Waals surface area contributed by atoms with Gasteiger partial charge in [-0.05, 0) is 48.7 Å². The molecule has 0 fully saturated rings. The van der Waals surface area contributed by atoms with Gasteiger partial charge in [-0.2, -0.15) is 5.10 Å². The quantitative estimate of drug-likeness (QED) is 0.526. The van der Waals surface area contributed by atoms with Crippen molar-refractivity contribution in [1.29, 1.82) is 0 Å². The summed E-state index contributed by atoms with van der Waals surface area (Å²) in [5.74, 6) is 0.230. The largest absolute Gasteiger partial charge is 0.432 e. The van der Waals surface area contributed by atoms with Crippen molar-refractivity contribution in [3.8, 4) is 5.82 Å². The third kappa shape index (κ3) is 3.36. The van der Waals surface area contributed by atoms with Crippen LogP contribution in [0.1, 0.15) is 53.3 Å². The van der Waals surface area contributed by atoms with Gasteiger partial charge in [0.1, 0.15) is 5.69 Å². The molecule has 0 bridgehead atoms. The van der Waals surface area contributed by atoms with E-state index < -0.39 is 12.2 Å². The summed E-state index contributed by atoms with van der Waals surface area (Å²) in [4.78, 5) is 19.1. The molecule has 8 heteroatoms. The second-order valence-corrected chi connectivity index (χ2v) is 8.20. The van der Waals surface area contributed by atoms with Gasteiger partial charge < -0.3 is 9.64 Å². The van der Waals surface area contributed by atoms with Crippen LogP contribution in [0.5, 0.6) is 0 Å². The van der Waals surface area contributed by atoms with Crippen LogP contribution in [0.25, 0.3) is 5.82 Å². The van der Waals surface area contributed by atoms with Crippen LogP contribution < -0.4 is 4.90 Å². The molecule has 150 valence electrons. The summed E-state index contributed by atoms with van der Waals surface area (Å²) in [6.07, 6.45) is 0.965. The third-order valence-corrected chi connectivity index (χ3v) is 5.46. The van der Waals surface area contributed by atoms with Crippen LogP contribution in [-0.4, -0.2) is 27.8 Å². The summed E-state index contributed by atoms with van der Waals surface area (Å²) in [7, 11) is 1.88. The van der Waals surface area contributed by atoms with Crippen molar-refractivity contribution in [1.82, 2.24) is 14.8 Å². The number of aryl methyl sites for hydroxylation is 1. The number of rotatable bonds is 3. The maximum Gasteiger partial charge on any atom is 0.342 e. The Kier molecular flexibility index (Phi) is 5.00. The number of halogens is 2. The molecule has 0 aliphatic carbocycles. The number of pyridine rings is 1. The molecule has 1 aromatic carbocycles. The monoisotopic (exact) mass is 430 g/mol. The van der Waals surface area contributed by atoms with E-state index in [9.17, 15) is 4.79 Å². The molecule has 2 aromatic heterocycles. The number of carbonyl (C=O) groups excluding carboxylic acids is 1. The molecule has 6 nitrogen and oxygen atoms in total. The maximum atomic E-state index is 12.8. The molecule has 3 aromatic rings. The van der Waals surface area contributed by atoms with E-state index >= 15 is 0 Å². The van der Waals surface area contributed by atoms with Crippen LogP contribution in [0, 0.1) is 6.92 Å². The summed E-state index contributed by atoms with van der Waals surface area (Å²) in [5, 5.41) is 5.65. The minimum atomic E-state index is -0.687. The predicted molar refractivity (Wildman–Crippen MR) is 113 cm³/mol. The van der Waals surface area contributed by atoms with E-state index in [1.807, 2.05) is 31.0 Å². The summed E-state index contributed by atoms with van der Waals surface area (Å²) in [6, 6.07) is 8.90. The molecule has 0 N–H and O–H groups in total. The molecular weight excluding hydrogens is 411 g/mol. The molecule has 0 amide bonds. The predicted octanol–water partition coefficient (Wildman–Crippen LogP) is 5.31. The SMILES string of the molecule is Cc1cc(Cl)cc2c1N(C)C(c1cc(C(C)C)nn1-c1ncccc1Cl)OC2=O. The van der Waals surface area contributed by atoms with Crippen molar-refractivity contribution < 1.29 is 9.53 Å². The molecule has 3 heterocycles. The molecule has 1 aliphatic rings. The summed E-state index contributed by atoms with van der Waals surface area (Å²) >= 11 is 12.5. The van der Waals surface area contributed by atoms with E-state index in [0.29, 0.717) is 27.1 Å². The van der Waals surface area contributed by atoms with Gasteiger partial charge in [0.15, 0.2) is 5.82 Å². The normalized spacial score (nSPS) is 16.2. The zero-order valence-corrected chi connectivity index (χ0v) is 18.0. The number of nitrogens with zero attached hydrogens (tertiary/aromatic N) is 4. The summed E-state index contributed by atoms with van der Waals surface area (Å²) in [6.45, 7) is 6.02. The van der Waals surface area contributed by atoms with Gasteiger partial charge in [-0.1, -0.05) is 37.0 Å². The lowest BCUT2D eigenvalue weighted by Crippen LogP contribution is -2.36. The Morgan fingerprint density at radius 1 is 1.21 bits per heavy atom. The number of esters is 1. The van der Waals surface area contributed by atoms with E-state index in [1.165, 1.54) is 0 Å². The molecule has 1 unspecified atom stereocenters. The molecule has 4 rings (SSSR count). The fraction of sp³-hybridized carbons (Fsp3) is 0.286. The maximum absolute atomic E-state index is 12.8. The van der Waals surface area contributed by atoms with Crippen LogP contribution in [0.4, 0.5) is 5.69 Å². The standard InChI is InChI=1S/C21H20Cl2N4O2/c1-11(2)16-10-17(27(25-16)19-15(23)6-5-7-24-19)20-26(4)18-12(3)8-13(22)9-14(18)21(28)29-20/h5-11,20H,1-4H3. The first-order chi connectivity index (χ1) is 13.8. The van der Waals surface area contributed by atoms with E-state index in [2.05, 4.69) is 18.8 Å². The number of hydrogen-bond acceptors (Lipinski definition) is 5. The first-order valence-electron chi connectivity index (χ1n) is 9.22. The van der Waals surface area contributed by atoms with Gasteiger partial charge in [0.2, 0.25) is 6.23 Å². The van der Waals surface area contributed by atoms with Gasteiger partial charge in [-0.25, -0.2) is 14.5 Å². The molecule has 0 radical (unpaired) electrons. The minimum absolute atomic E-state index is 0.176. The molecule has 1 aliphatic heterocycles. The first-order valence-corrected chi connectivity index (χ1v) is 9.98. The van der Waals surface area contributed by atoms with Crippen molar-refractivity contribution >= 4 is 34.9 Å². The average molecular weight is 431 g/mol. The number of hydrogen-bond donors (Lipinski definition) is 0. The smallest absolute Gasteiger partial charge is 0.342 e. The number of anilines is 1. The highest BCUT2D eigenvalue weighted by Gasteiger charge is 2.36. The number of aromatic nitrogens is 3. The molecule has 0 spiro atoms. The lowest BCUT2D eigenvalue weighted by molar-refractivity contribution is 0.0247. The highest BCUT2D eigenvalue weighted by Crippen LogP contribution is 2.40. The molecule has 1 atom stereocenters. The van der Waals surface area contributed by atoms with Crippen molar-refractivity contribution in [2.24, 2.45) is 0 Å². The second kappa shape index (κ2) is 7.35. The van der Waals surface area contributed by atoms with Gasteiger partial charge in [0.05, 0.1) is 22.0 Å². The van der Waals surface area contributed by atoms with Gasteiger partial charge in [0, 0.05) is 18.3 Å². The van der Waals surface area contributed by atoms with Crippen LogP contribution in [-0.2, 0) is 4.74 Å².